The Bertz CT molecular complexity index is 956. The molecule has 0 aliphatic rings. The van der Waals surface area contributed by atoms with Crippen LogP contribution in [0.15, 0.2) is 46.0 Å². The summed E-state index contributed by atoms with van der Waals surface area (Å²) in [7, 11) is 0. The van der Waals surface area contributed by atoms with E-state index in [2.05, 4.69) is 15.7 Å². The molecule has 1 N–H and O–H groups in total. The highest BCUT2D eigenvalue weighted by molar-refractivity contribution is 6.33. The number of carbonyl (C=O) groups is 1. The molecule has 1 amide bonds. The molecule has 0 radical (unpaired) electrons. The predicted octanol–water partition coefficient (Wildman–Crippen LogP) is 3.81. The van der Waals surface area contributed by atoms with Crippen molar-refractivity contribution in [3.8, 4) is 5.82 Å². The van der Waals surface area contributed by atoms with Gasteiger partial charge in [0.25, 0.3) is 5.91 Å². The summed E-state index contributed by atoms with van der Waals surface area (Å²) in [5, 5.41) is 8.45. The zero-order valence-electron chi connectivity index (χ0n) is 14.1. The standard InChI is InChI=1S/C18H17ClN4O2/c1-11-8-14(13(3)23(11)17-9-12(2)25-22-17)10-20-21-18(24)15-6-4-5-7-16(15)19/h4-10H,1-3H3,(H,21,24)/b20-10-. The van der Waals surface area contributed by atoms with E-state index in [1.165, 1.54) is 0 Å². The zero-order chi connectivity index (χ0) is 18.0. The van der Waals surface area contributed by atoms with E-state index >= 15 is 0 Å². The van der Waals surface area contributed by atoms with E-state index in [4.69, 9.17) is 16.1 Å². The van der Waals surface area contributed by atoms with E-state index in [9.17, 15) is 4.79 Å². The van der Waals surface area contributed by atoms with Crippen LogP contribution in [0.4, 0.5) is 0 Å². The Morgan fingerprint density at radius 3 is 2.72 bits per heavy atom. The monoisotopic (exact) mass is 356 g/mol. The van der Waals surface area contributed by atoms with E-state index in [1.807, 2.05) is 37.5 Å². The minimum Gasteiger partial charge on any atom is -0.360 e. The number of carbonyl (C=O) groups excluding carboxylic acids is 1. The van der Waals surface area contributed by atoms with Crippen molar-refractivity contribution < 1.29 is 9.32 Å². The lowest BCUT2D eigenvalue weighted by Gasteiger charge is -2.04. The number of halogens is 1. The van der Waals surface area contributed by atoms with Crippen LogP contribution in [0.5, 0.6) is 0 Å². The van der Waals surface area contributed by atoms with Gasteiger partial charge in [-0.2, -0.15) is 5.10 Å². The number of nitrogens with one attached hydrogen (secondary N) is 1. The predicted molar refractivity (Wildman–Crippen MR) is 96.6 cm³/mol. The quantitative estimate of drug-likeness (QED) is 0.570. The van der Waals surface area contributed by atoms with Crippen LogP contribution < -0.4 is 5.43 Å². The van der Waals surface area contributed by atoms with Gasteiger partial charge < -0.3 is 4.52 Å². The van der Waals surface area contributed by atoms with Crippen LogP contribution >= 0.6 is 11.6 Å². The number of rotatable bonds is 4. The highest BCUT2D eigenvalue weighted by Gasteiger charge is 2.13. The first-order valence-corrected chi connectivity index (χ1v) is 8.05. The maximum absolute atomic E-state index is 12.1. The Balaban J connectivity index is 1.79. The lowest BCUT2D eigenvalue weighted by molar-refractivity contribution is 0.0955. The summed E-state index contributed by atoms with van der Waals surface area (Å²) in [5.41, 5.74) is 5.68. The first kappa shape index (κ1) is 17.0. The van der Waals surface area contributed by atoms with E-state index in [0.717, 1.165) is 22.7 Å². The van der Waals surface area contributed by atoms with Crippen molar-refractivity contribution in [1.82, 2.24) is 15.1 Å². The number of aryl methyl sites for hydroxylation is 2. The molecule has 0 fully saturated rings. The van der Waals surface area contributed by atoms with Crippen molar-refractivity contribution in [2.24, 2.45) is 5.10 Å². The second kappa shape index (κ2) is 6.94. The lowest BCUT2D eigenvalue weighted by atomic mass is 10.2. The number of benzene rings is 1. The second-order valence-corrected chi connectivity index (χ2v) is 6.04. The van der Waals surface area contributed by atoms with Crippen LogP contribution in [0.1, 0.15) is 33.1 Å². The molecule has 2 heterocycles. The molecule has 1 aromatic carbocycles. The van der Waals surface area contributed by atoms with Gasteiger partial charge in [-0.15, -0.1) is 0 Å². The molecule has 3 rings (SSSR count). The molecule has 0 unspecified atom stereocenters. The van der Waals surface area contributed by atoms with Crippen LogP contribution in [-0.2, 0) is 0 Å². The molecule has 0 saturated heterocycles. The van der Waals surface area contributed by atoms with Crippen molar-refractivity contribution >= 4 is 23.7 Å². The highest BCUT2D eigenvalue weighted by atomic mass is 35.5. The molecule has 6 nitrogen and oxygen atoms in total. The van der Waals surface area contributed by atoms with Crippen LogP contribution in [0.3, 0.4) is 0 Å². The molecule has 0 atom stereocenters. The Hall–Kier alpha value is -2.86. The van der Waals surface area contributed by atoms with Crippen LogP contribution in [0.25, 0.3) is 5.82 Å². The molecule has 7 heteroatoms. The molecule has 0 saturated carbocycles. The minimum absolute atomic E-state index is 0.359. The number of nitrogens with zero attached hydrogens (tertiary/aromatic N) is 3. The average Bonchev–Trinajstić information content (AvgIpc) is 3.11. The van der Waals surface area contributed by atoms with Crippen molar-refractivity contribution in [2.45, 2.75) is 20.8 Å². The first-order chi connectivity index (χ1) is 12.0. The van der Waals surface area contributed by atoms with E-state index in [1.54, 1.807) is 30.5 Å². The zero-order valence-corrected chi connectivity index (χ0v) is 14.8. The van der Waals surface area contributed by atoms with Gasteiger partial charge in [-0.25, -0.2) is 5.43 Å². The summed E-state index contributed by atoms with van der Waals surface area (Å²) in [6, 6.07) is 10.6. The van der Waals surface area contributed by atoms with Crippen LogP contribution in [0.2, 0.25) is 5.02 Å². The van der Waals surface area contributed by atoms with Gasteiger partial charge in [-0.1, -0.05) is 28.9 Å². The van der Waals surface area contributed by atoms with Gasteiger partial charge in [0.15, 0.2) is 5.82 Å². The van der Waals surface area contributed by atoms with Gasteiger partial charge in [0.2, 0.25) is 0 Å². The van der Waals surface area contributed by atoms with E-state index in [0.29, 0.717) is 16.4 Å². The summed E-state index contributed by atoms with van der Waals surface area (Å²) in [4.78, 5) is 12.1. The third-order valence-corrected chi connectivity index (χ3v) is 4.13. The van der Waals surface area contributed by atoms with Crippen molar-refractivity contribution in [1.29, 1.82) is 0 Å². The van der Waals surface area contributed by atoms with Gasteiger partial charge in [-0.05, 0) is 39.0 Å². The fourth-order valence-electron chi connectivity index (χ4n) is 2.60. The van der Waals surface area contributed by atoms with Gasteiger partial charge in [-0.3, -0.25) is 9.36 Å². The molecule has 0 spiro atoms. The van der Waals surface area contributed by atoms with E-state index in [-0.39, 0.29) is 5.91 Å². The second-order valence-electron chi connectivity index (χ2n) is 5.64. The maximum atomic E-state index is 12.1. The lowest BCUT2D eigenvalue weighted by Crippen LogP contribution is -2.18. The fourth-order valence-corrected chi connectivity index (χ4v) is 2.82. The first-order valence-electron chi connectivity index (χ1n) is 7.68. The largest absolute Gasteiger partial charge is 0.360 e. The molecule has 0 bridgehead atoms. The minimum atomic E-state index is -0.359. The molecule has 0 aliphatic carbocycles. The summed E-state index contributed by atoms with van der Waals surface area (Å²) in [6.07, 6.45) is 1.60. The summed E-state index contributed by atoms with van der Waals surface area (Å²) < 4.78 is 7.10. The van der Waals surface area contributed by atoms with Gasteiger partial charge >= 0.3 is 0 Å². The van der Waals surface area contributed by atoms with E-state index < -0.39 is 0 Å². The van der Waals surface area contributed by atoms with Gasteiger partial charge in [0.05, 0.1) is 16.8 Å². The van der Waals surface area contributed by atoms with Crippen molar-refractivity contribution in [3.05, 3.63) is 69.7 Å². The summed E-state index contributed by atoms with van der Waals surface area (Å²) >= 11 is 6.00. The number of aromatic nitrogens is 2. The number of hydrogen-bond acceptors (Lipinski definition) is 4. The van der Waals surface area contributed by atoms with Crippen molar-refractivity contribution in [2.75, 3.05) is 0 Å². The molecular formula is C18H17ClN4O2. The molecular weight excluding hydrogens is 340 g/mol. The molecule has 3 aromatic rings. The SMILES string of the molecule is Cc1cc(-n2c(C)cc(/C=N\NC(=O)c3ccccc3Cl)c2C)no1. The number of amides is 1. The molecule has 128 valence electrons. The normalized spacial score (nSPS) is 11.2. The Kier molecular flexibility index (Phi) is 4.72. The van der Waals surface area contributed by atoms with Crippen LogP contribution in [0, 0.1) is 20.8 Å². The Morgan fingerprint density at radius 1 is 1.28 bits per heavy atom. The summed E-state index contributed by atoms with van der Waals surface area (Å²) in [5.74, 6) is 1.10. The number of hydrogen-bond donors (Lipinski definition) is 1. The van der Waals surface area contributed by atoms with Gasteiger partial charge in [0.1, 0.15) is 5.76 Å². The smallest absolute Gasteiger partial charge is 0.272 e. The third-order valence-electron chi connectivity index (χ3n) is 3.80. The average molecular weight is 357 g/mol. The topological polar surface area (TPSA) is 72.4 Å². The Labute approximate surface area is 150 Å². The molecule has 2 aromatic heterocycles. The Morgan fingerprint density at radius 2 is 2.04 bits per heavy atom. The van der Waals surface area contributed by atoms with Crippen molar-refractivity contribution in [3.63, 3.8) is 0 Å². The third kappa shape index (κ3) is 3.49. The maximum Gasteiger partial charge on any atom is 0.272 e. The highest BCUT2D eigenvalue weighted by Crippen LogP contribution is 2.19. The summed E-state index contributed by atoms with van der Waals surface area (Å²) in [6.45, 7) is 5.77. The molecule has 0 aliphatic heterocycles. The molecule has 25 heavy (non-hydrogen) atoms. The van der Waals surface area contributed by atoms with Gasteiger partial charge in [0, 0.05) is 23.0 Å². The number of hydrazone groups is 1. The van der Waals surface area contributed by atoms with Crippen LogP contribution in [-0.4, -0.2) is 21.8 Å². The fraction of sp³-hybridized carbons (Fsp3) is 0.167.